The van der Waals surface area contributed by atoms with Crippen LogP contribution in [-0.4, -0.2) is 18.7 Å². The van der Waals surface area contributed by atoms with Crippen LogP contribution in [0.3, 0.4) is 0 Å². The normalized spacial score (nSPS) is 11.0. The van der Waals surface area contributed by atoms with Gasteiger partial charge in [-0.05, 0) is 38.0 Å². The summed E-state index contributed by atoms with van der Waals surface area (Å²) in [5.41, 5.74) is 0.770. The highest BCUT2D eigenvalue weighted by Crippen LogP contribution is 2.15. The molecular weight excluding hydrogens is 226 g/mol. The molecule has 0 unspecified atom stereocenters. The van der Waals surface area contributed by atoms with Gasteiger partial charge in [0.15, 0.2) is 0 Å². The first-order valence-corrected chi connectivity index (χ1v) is 5.41. The summed E-state index contributed by atoms with van der Waals surface area (Å²) in [6.07, 6.45) is 0.304. The van der Waals surface area contributed by atoms with Crippen molar-refractivity contribution in [2.24, 2.45) is 0 Å². The largest absolute Gasteiger partial charge is 0.453 e. The predicted molar refractivity (Wildman–Crippen MR) is 64.8 cm³/mol. The summed E-state index contributed by atoms with van der Waals surface area (Å²) in [5, 5.41) is 3.49. The first-order valence-electron chi connectivity index (χ1n) is 5.03. The lowest BCUT2D eigenvalue weighted by Gasteiger charge is -2.25. The summed E-state index contributed by atoms with van der Waals surface area (Å²) >= 11 is 5.80. The van der Waals surface area contributed by atoms with E-state index in [1.54, 1.807) is 0 Å². The van der Waals surface area contributed by atoms with E-state index in [0.717, 1.165) is 12.0 Å². The van der Waals surface area contributed by atoms with Crippen LogP contribution in [0.1, 0.15) is 19.4 Å². The Balaban J connectivity index is 2.64. The van der Waals surface area contributed by atoms with Crippen molar-refractivity contribution in [3.63, 3.8) is 0 Å². The zero-order valence-electron chi connectivity index (χ0n) is 9.71. The molecule has 1 N–H and O–H groups in total. The van der Waals surface area contributed by atoms with Crippen LogP contribution < -0.4 is 5.32 Å². The highest BCUT2D eigenvalue weighted by atomic mass is 35.5. The molecule has 0 fully saturated rings. The first kappa shape index (κ1) is 12.8. The number of hydrogen-bond donors (Lipinski definition) is 1. The van der Waals surface area contributed by atoms with Gasteiger partial charge >= 0.3 is 6.09 Å². The molecule has 0 spiro atoms. The molecule has 88 valence electrons. The fourth-order valence-electron chi connectivity index (χ4n) is 1.48. The molecule has 0 saturated carbocycles. The van der Waals surface area contributed by atoms with Crippen molar-refractivity contribution >= 4 is 17.7 Å². The second kappa shape index (κ2) is 5.21. The number of methoxy groups -OCH3 is 1. The van der Waals surface area contributed by atoms with Crippen LogP contribution in [0.5, 0.6) is 0 Å². The molecule has 1 aromatic rings. The number of halogens is 1. The molecule has 0 bridgehead atoms. The molecule has 16 heavy (non-hydrogen) atoms. The Morgan fingerprint density at radius 1 is 1.38 bits per heavy atom. The minimum Gasteiger partial charge on any atom is -0.453 e. The number of benzene rings is 1. The third kappa shape index (κ3) is 4.11. The van der Waals surface area contributed by atoms with Crippen LogP contribution in [-0.2, 0) is 11.2 Å². The van der Waals surface area contributed by atoms with Crippen LogP contribution in [0, 0.1) is 0 Å². The highest BCUT2D eigenvalue weighted by molar-refractivity contribution is 6.30. The van der Waals surface area contributed by atoms with Gasteiger partial charge in [-0.2, -0.15) is 0 Å². The lowest BCUT2D eigenvalue weighted by molar-refractivity contribution is 0.159. The third-order valence-electron chi connectivity index (χ3n) is 2.19. The first-order chi connectivity index (χ1) is 7.43. The molecule has 0 atom stereocenters. The molecule has 0 aliphatic heterocycles. The van der Waals surface area contributed by atoms with E-state index in [-0.39, 0.29) is 5.54 Å². The SMILES string of the molecule is COC(=O)NC(C)(C)Cc1ccc(Cl)cc1. The molecule has 4 heteroatoms. The second-order valence-electron chi connectivity index (χ2n) is 4.30. The van der Waals surface area contributed by atoms with Gasteiger partial charge in [-0.3, -0.25) is 0 Å². The minimum absolute atomic E-state index is 0.346. The smallest absolute Gasteiger partial charge is 0.407 e. The van der Waals surface area contributed by atoms with E-state index in [9.17, 15) is 4.79 Å². The van der Waals surface area contributed by atoms with E-state index in [1.807, 2.05) is 38.1 Å². The Bertz CT molecular complexity index is 360. The van der Waals surface area contributed by atoms with Crippen molar-refractivity contribution in [3.05, 3.63) is 34.9 Å². The number of rotatable bonds is 3. The Labute approximate surface area is 101 Å². The monoisotopic (exact) mass is 241 g/mol. The zero-order chi connectivity index (χ0) is 12.2. The Hall–Kier alpha value is -1.22. The molecular formula is C12H16ClNO2. The number of alkyl carbamates (subject to hydrolysis) is 1. The number of ether oxygens (including phenoxy) is 1. The second-order valence-corrected chi connectivity index (χ2v) is 4.74. The van der Waals surface area contributed by atoms with E-state index >= 15 is 0 Å². The topological polar surface area (TPSA) is 38.3 Å². The molecule has 0 saturated heterocycles. The van der Waals surface area contributed by atoms with Gasteiger partial charge in [0.2, 0.25) is 0 Å². The number of nitrogens with one attached hydrogen (secondary N) is 1. The van der Waals surface area contributed by atoms with Crippen LogP contribution in [0.15, 0.2) is 24.3 Å². The minimum atomic E-state index is -0.418. The summed E-state index contributed by atoms with van der Waals surface area (Å²) < 4.78 is 4.57. The van der Waals surface area contributed by atoms with Crippen molar-refractivity contribution in [1.82, 2.24) is 5.32 Å². The number of hydrogen-bond acceptors (Lipinski definition) is 2. The standard InChI is InChI=1S/C12H16ClNO2/c1-12(2,14-11(15)16-3)8-9-4-6-10(13)7-5-9/h4-7H,8H2,1-3H3,(H,14,15). The van der Waals surface area contributed by atoms with Crippen molar-refractivity contribution in [2.75, 3.05) is 7.11 Å². The van der Waals surface area contributed by atoms with Crippen molar-refractivity contribution in [2.45, 2.75) is 25.8 Å². The third-order valence-corrected chi connectivity index (χ3v) is 2.44. The van der Waals surface area contributed by atoms with Gasteiger partial charge < -0.3 is 10.1 Å². The molecule has 3 nitrogen and oxygen atoms in total. The van der Waals surface area contributed by atoms with Crippen molar-refractivity contribution < 1.29 is 9.53 Å². The van der Waals surface area contributed by atoms with Crippen molar-refractivity contribution in [1.29, 1.82) is 0 Å². The molecule has 0 aliphatic rings. The lowest BCUT2D eigenvalue weighted by Crippen LogP contribution is -2.45. The van der Waals surface area contributed by atoms with Gasteiger partial charge in [0, 0.05) is 10.6 Å². The van der Waals surface area contributed by atoms with Gasteiger partial charge in [0.25, 0.3) is 0 Å². The summed E-state index contributed by atoms with van der Waals surface area (Å²) in [6, 6.07) is 7.57. The summed E-state index contributed by atoms with van der Waals surface area (Å²) in [5.74, 6) is 0. The van der Waals surface area contributed by atoms with E-state index in [4.69, 9.17) is 11.6 Å². The Morgan fingerprint density at radius 2 is 1.94 bits per heavy atom. The van der Waals surface area contributed by atoms with Gasteiger partial charge in [-0.25, -0.2) is 4.79 Å². The fourth-order valence-corrected chi connectivity index (χ4v) is 1.61. The van der Waals surface area contributed by atoms with Crippen LogP contribution in [0.4, 0.5) is 4.79 Å². The molecule has 0 heterocycles. The number of amides is 1. The molecule has 1 amide bonds. The van der Waals surface area contributed by atoms with E-state index in [2.05, 4.69) is 10.1 Å². The van der Waals surface area contributed by atoms with Crippen LogP contribution >= 0.6 is 11.6 Å². The van der Waals surface area contributed by atoms with E-state index in [1.165, 1.54) is 7.11 Å². The molecule has 1 aromatic carbocycles. The molecule has 0 aliphatic carbocycles. The number of carbonyl (C=O) groups excluding carboxylic acids is 1. The number of carbonyl (C=O) groups is 1. The van der Waals surface area contributed by atoms with E-state index < -0.39 is 6.09 Å². The van der Waals surface area contributed by atoms with Crippen LogP contribution in [0.25, 0.3) is 0 Å². The zero-order valence-corrected chi connectivity index (χ0v) is 10.5. The summed E-state index contributed by atoms with van der Waals surface area (Å²) in [7, 11) is 1.35. The van der Waals surface area contributed by atoms with Gasteiger partial charge in [0.1, 0.15) is 0 Å². The van der Waals surface area contributed by atoms with E-state index in [0.29, 0.717) is 5.02 Å². The Morgan fingerprint density at radius 3 is 2.44 bits per heavy atom. The maximum absolute atomic E-state index is 11.1. The fraction of sp³-hybridized carbons (Fsp3) is 0.417. The summed E-state index contributed by atoms with van der Waals surface area (Å²) in [6.45, 7) is 3.89. The molecule has 0 aromatic heterocycles. The average Bonchev–Trinajstić information content (AvgIpc) is 2.20. The lowest BCUT2D eigenvalue weighted by atomic mass is 9.95. The van der Waals surface area contributed by atoms with Crippen molar-refractivity contribution in [3.8, 4) is 0 Å². The predicted octanol–water partition coefficient (Wildman–Crippen LogP) is 3.02. The molecule has 1 rings (SSSR count). The average molecular weight is 242 g/mol. The maximum Gasteiger partial charge on any atom is 0.407 e. The quantitative estimate of drug-likeness (QED) is 0.884. The van der Waals surface area contributed by atoms with Gasteiger partial charge in [-0.15, -0.1) is 0 Å². The summed E-state index contributed by atoms with van der Waals surface area (Å²) in [4.78, 5) is 11.1. The van der Waals surface area contributed by atoms with Crippen LogP contribution in [0.2, 0.25) is 5.02 Å². The van der Waals surface area contributed by atoms with Gasteiger partial charge in [0.05, 0.1) is 7.11 Å². The maximum atomic E-state index is 11.1. The molecule has 0 radical (unpaired) electrons. The highest BCUT2D eigenvalue weighted by Gasteiger charge is 2.21. The van der Waals surface area contributed by atoms with Gasteiger partial charge in [-0.1, -0.05) is 23.7 Å². The Kier molecular flexibility index (Phi) is 4.19.